The van der Waals surface area contributed by atoms with Crippen molar-refractivity contribution >= 4 is 27.9 Å². The Morgan fingerprint density at radius 1 is 1.03 bits per heavy atom. The largest absolute Gasteiger partial charge is 0.494 e. The van der Waals surface area contributed by atoms with E-state index >= 15 is 0 Å². The second-order valence-electron chi connectivity index (χ2n) is 8.60. The molecule has 11 nitrogen and oxygen atoms in total. The number of fused-ring (bicyclic) bond motifs is 2. The summed E-state index contributed by atoms with van der Waals surface area (Å²) in [6, 6.07) is 10.6. The van der Waals surface area contributed by atoms with E-state index in [1.165, 1.54) is 6.33 Å². The first-order chi connectivity index (χ1) is 19.0. The molecule has 0 aliphatic carbocycles. The molecule has 0 saturated heterocycles. The average molecular weight is 539 g/mol. The molecule has 0 radical (unpaired) electrons. The normalized spacial score (nSPS) is 11.4. The zero-order valence-electron chi connectivity index (χ0n) is 22.4. The highest BCUT2D eigenvalue weighted by Crippen LogP contribution is 2.40. The summed E-state index contributed by atoms with van der Waals surface area (Å²) in [5, 5.41) is 14.9. The Labute approximate surface area is 226 Å². The van der Waals surface area contributed by atoms with Gasteiger partial charge in [-0.25, -0.2) is 14.8 Å². The van der Waals surface area contributed by atoms with Gasteiger partial charge >= 0.3 is 6.09 Å². The van der Waals surface area contributed by atoms with Crippen LogP contribution in [0.3, 0.4) is 0 Å². The molecule has 0 unspecified atom stereocenters. The SMILES string of the molecule is CCOC(CCCNC(=O)Oc1ccc2[nH]c(O)c(-c3ncnc4cc(OCCOC)ccc34)c2c1)OCC. The zero-order chi connectivity index (χ0) is 27.6. The summed E-state index contributed by atoms with van der Waals surface area (Å²) in [6.45, 7) is 6.26. The van der Waals surface area contributed by atoms with E-state index in [-0.39, 0.29) is 12.2 Å². The van der Waals surface area contributed by atoms with Crippen LogP contribution in [0.15, 0.2) is 42.7 Å². The van der Waals surface area contributed by atoms with Gasteiger partial charge in [0.1, 0.15) is 24.4 Å². The van der Waals surface area contributed by atoms with Crippen molar-refractivity contribution in [3.63, 3.8) is 0 Å². The van der Waals surface area contributed by atoms with Gasteiger partial charge in [0.05, 0.1) is 23.4 Å². The van der Waals surface area contributed by atoms with Crippen LogP contribution in [0.4, 0.5) is 4.79 Å². The van der Waals surface area contributed by atoms with E-state index in [1.54, 1.807) is 25.3 Å². The predicted molar refractivity (Wildman–Crippen MR) is 146 cm³/mol. The Kier molecular flexibility index (Phi) is 9.90. The number of methoxy groups -OCH3 is 1. The van der Waals surface area contributed by atoms with Gasteiger partial charge in [-0.05, 0) is 50.6 Å². The fourth-order valence-corrected chi connectivity index (χ4v) is 4.22. The number of rotatable bonds is 14. The fraction of sp³-hybridized carbons (Fsp3) is 0.393. The Balaban J connectivity index is 1.49. The molecule has 2 aromatic heterocycles. The third kappa shape index (κ3) is 7.14. The van der Waals surface area contributed by atoms with Crippen molar-refractivity contribution in [3.8, 4) is 28.6 Å². The summed E-state index contributed by atoms with van der Waals surface area (Å²) in [4.78, 5) is 24.2. The standard InChI is InChI=1S/C28H34N4O7/c1-4-36-24(37-5-2)7-6-12-29-28(34)39-19-9-11-22-21(15-19)25(27(33)32-22)26-20-10-8-18(38-14-13-35-3)16-23(20)30-17-31-26/h8-11,15-17,24,32-33H,4-7,12-14H2,1-3H3,(H,29,34). The number of hydrogen-bond donors (Lipinski definition) is 3. The summed E-state index contributed by atoms with van der Waals surface area (Å²) in [5.74, 6) is 0.930. The number of aromatic amines is 1. The molecule has 0 spiro atoms. The third-order valence-electron chi connectivity index (χ3n) is 5.95. The lowest BCUT2D eigenvalue weighted by molar-refractivity contribution is -0.139. The van der Waals surface area contributed by atoms with E-state index in [1.807, 2.05) is 32.0 Å². The van der Waals surface area contributed by atoms with Gasteiger partial charge in [0.15, 0.2) is 12.2 Å². The van der Waals surface area contributed by atoms with Crippen LogP contribution in [0.1, 0.15) is 26.7 Å². The van der Waals surface area contributed by atoms with Crippen LogP contribution in [-0.4, -0.2) is 72.5 Å². The molecule has 11 heteroatoms. The second kappa shape index (κ2) is 13.7. The highest BCUT2D eigenvalue weighted by Gasteiger charge is 2.19. The molecule has 4 aromatic rings. The number of nitrogens with one attached hydrogen (secondary N) is 2. The van der Waals surface area contributed by atoms with Crippen LogP contribution in [-0.2, 0) is 14.2 Å². The van der Waals surface area contributed by atoms with Crippen LogP contribution in [0.5, 0.6) is 17.4 Å². The second-order valence-corrected chi connectivity index (χ2v) is 8.60. The van der Waals surface area contributed by atoms with Gasteiger partial charge in [0, 0.05) is 55.6 Å². The minimum atomic E-state index is -0.575. The van der Waals surface area contributed by atoms with Crippen molar-refractivity contribution in [1.82, 2.24) is 20.3 Å². The van der Waals surface area contributed by atoms with Crippen LogP contribution in [0.25, 0.3) is 33.1 Å². The molecule has 0 aliphatic heterocycles. The van der Waals surface area contributed by atoms with Crippen LogP contribution in [0, 0.1) is 0 Å². The summed E-state index contributed by atoms with van der Waals surface area (Å²) >= 11 is 0. The van der Waals surface area contributed by atoms with Gasteiger partial charge in [-0.1, -0.05) is 0 Å². The number of H-pyrrole nitrogens is 1. The molecule has 0 aliphatic rings. The van der Waals surface area contributed by atoms with Gasteiger partial charge in [0.2, 0.25) is 0 Å². The maximum Gasteiger partial charge on any atom is 0.412 e. The molecule has 2 aromatic carbocycles. The van der Waals surface area contributed by atoms with Gasteiger partial charge in [-0.2, -0.15) is 0 Å². The van der Waals surface area contributed by atoms with E-state index in [0.717, 1.165) is 5.39 Å². The molecule has 208 valence electrons. The van der Waals surface area contributed by atoms with Crippen molar-refractivity contribution in [1.29, 1.82) is 0 Å². The molecule has 4 rings (SSSR count). The number of aromatic nitrogens is 3. The first kappa shape index (κ1) is 28.1. The van der Waals surface area contributed by atoms with Gasteiger partial charge < -0.3 is 39.1 Å². The van der Waals surface area contributed by atoms with E-state index < -0.39 is 6.09 Å². The fourth-order valence-electron chi connectivity index (χ4n) is 4.22. The van der Waals surface area contributed by atoms with Crippen molar-refractivity contribution in [3.05, 3.63) is 42.7 Å². The van der Waals surface area contributed by atoms with E-state index in [2.05, 4.69) is 20.3 Å². The summed E-state index contributed by atoms with van der Waals surface area (Å²) in [5.41, 5.74) is 2.34. The molecule has 39 heavy (non-hydrogen) atoms. The first-order valence-corrected chi connectivity index (χ1v) is 12.9. The molecule has 0 bridgehead atoms. The van der Waals surface area contributed by atoms with Crippen LogP contribution >= 0.6 is 0 Å². The predicted octanol–water partition coefficient (Wildman–Crippen LogP) is 4.78. The number of benzene rings is 2. The van der Waals surface area contributed by atoms with Crippen LogP contribution < -0.4 is 14.8 Å². The van der Waals surface area contributed by atoms with E-state index in [4.69, 9.17) is 23.7 Å². The summed E-state index contributed by atoms with van der Waals surface area (Å²) < 4.78 is 27.3. The number of amides is 1. The maximum atomic E-state index is 12.4. The number of hydrogen-bond acceptors (Lipinski definition) is 9. The highest BCUT2D eigenvalue weighted by molar-refractivity contribution is 6.05. The van der Waals surface area contributed by atoms with Crippen molar-refractivity contribution < 1.29 is 33.6 Å². The smallest absolute Gasteiger partial charge is 0.412 e. The summed E-state index contributed by atoms with van der Waals surface area (Å²) in [7, 11) is 1.61. The summed E-state index contributed by atoms with van der Waals surface area (Å²) in [6.07, 6.45) is 1.91. The Bertz CT molecular complexity index is 1390. The number of aromatic hydroxyl groups is 1. The van der Waals surface area contributed by atoms with Crippen molar-refractivity contribution in [2.24, 2.45) is 0 Å². The number of carbonyl (C=O) groups is 1. The lowest BCUT2D eigenvalue weighted by Crippen LogP contribution is -2.28. The van der Waals surface area contributed by atoms with Gasteiger partial charge in [-0.15, -0.1) is 0 Å². The van der Waals surface area contributed by atoms with E-state index in [0.29, 0.717) is 85.0 Å². The third-order valence-corrected chi connectivity index (χ3v) is 5.95. The van der Waals surface area contributed by atoms with Gasteiger partial charge in [0.25, 0.3) is 0 Å². The zero-order valence-corrected chi connectivity index (χ0v) is 22.4. The molecule has 0 saturated carbocycles. The average Bonchev–Trinajstić information content (AvgIpc) is 3.25. The lowest BCUT2D eigenvalue weighted by atomic mass is 10.0. The topological polar surface area (TPSA) is 137 Å². The number of carbonyl (C=O) groups excluding carboxylic acids is 1. The molecule has 2 heterocycles. The monoisotopic (exact) mass is 538 g/mol. The minimum Gasteiger partial charge on any atom is -0.494 e. The Hall–Kier alpha value is -3.93. The van der Waals surface area contributed by atoms with E-state index in [9.17, 15) is 9.90 Å². The van der Waals surface area contributed by atoms with Gasteiger partial charge in [-0.3, -0.25) is 0 Å². The molecule has 0 atom stereocenters. The molecular weight excluding hydrogens is 504 g/mol. The van der Waals surface area contributed by atoms with Crippen molar-refractivity contribution in [2.75, 3.05) is 40.1 Å². The minimum absolute atomic E-state index is 0.0508. The lowest BCUT2D eigenvalue weighted by Gasteiger charge is -2.16. The Morgan fingerprint density at radius 2 is 1.82 bits per heavy atom. The Morgan fingerprint density at radius 3 is 2.59 bits per heavy atom. The maximum absolute atomic E-state index is 12.4. The quantitative estimate of drug-likeness (QED) is 0.153. The van der Waals surface area contributed by atoms with Crippen LogP contribution in [0.2, 0.25) is 0 Å². The molecular formula is C28H34N4O7. The molecule has 3 N–H and O–H groups in total. The first-order valence-electron chi connectivity index (χ1n) is 12.9. The number of nitrogens with zero attached hydrogens (tertiary/aromatic N) is 2. The number of ether oxygens (including phenoxy) is 5. The molecule has 0 fully saturated rings. The molecule has 1 amide bonds. The van der Waals surface area contributed by atoms with Crippen molar-refractivity contribution in [2.45, 2.75) is 33.0 Å². The highest BCUT2D eigenvalue weighted by atomic mass is 16.7.